The maximum Gasteiger partial charge on any atom is 0.303 e. The Morgan fingerprint density at radius 3 is 2.56 bits per heavy atom. The number of piperidine rings is 1. The molecule has 0 bridgehead atoms. The molecule has 4 nitrogen and oxygen atoms in total. The smallest absolute Gasteiger partial charge is 0.303 e. The molecule has 0 spiro atoms. The summed E-state index contributed by atoms with van der Waals surface area (Å²) in [6.45, 7) is 4.89. The Morgan fingerprint density at radius 2 is 2.06 bits per heavy atom. The molecule has 0 aromatic heterocycles. The van der Waals surface area contributed by atoms with Gasteiger partial charge in [0.25, 0.3) is 0 Å². The third-order valence-corrected chi connectivity index (χ3v) is 3.34. The zero-order chi connectivity index (χ0) is 12.0. The van der Waals surface area contributed by atoms with Gasteiger partial charge in [0.15, 0.2) is 0 Å². The molecule has 1 aliphatic rings. The van der Waals surface area contributed by atoms with Gasteiger partial charge in [-0.05, 0) is 51.6 Å². The summed E-state index contributed by atoms with van der Waals surface area (Å²) in [5.74, 6) is -0.101. The molecular weight excluding hydrogens is 206 g/mol. The van der Waals surface area contributed by atoms with E-state index >= 15 is 0 Å². The number of aliphatic carboxylic acids is 1. The van der Waals surface area contributed by atoms with Crippen LogP contribution in [0, 0.1) is 5.92 Å². The minimum Gasteiger partial charge on any atom is -0.481 e. The molecule has 16 heavy (non-hydrogen) atoms. The van der Waals surface area contributed by atoms with Crippen LogP contribution in [0.5, 0.6) is 0 Å². The van der Waals surface area contributed by atoms with Gasteiger partial charge in [0.2, 0.25) is 0 Å². The standard InChI is InChI=1S/C12H23NO3/c1-10(14)4-7-13-8-5-11(6-9-13)2-3-12(15)16/h10-11,14H,2-9H2,1H3,(H,15,16). The maximum atomic E-state index is 10.4. The Balaban J connectivity index is 2.11. The molecule has 0 amide bonds. The summed E-state index contributed by atoms with van der Waals surface area (Å²) >= 11 is 0. The Hall–Kier alpha value is -0.610. The van der Waals surface area contributed by atoms with Gasteiger partial charge >= 0.3 is 5.97 Å². The van der Waals surface area contributed by atoms with Crippen molar-refractivity contribution >= 4 is 5.97 Å². The Labute approximate surface area is 97.3 Å². The quantitative estimate of drug-likeness (QED) is 0.721. The average molecular weight is 229 g/mol. The Morgan fingerprint density at radius 1 is 1.44 bits per heavy atom. The lowest BCUT2D eigenvalue weighted by Crippen LogP contribution is -2.35. The second-order valence-electron chi connectivity index (χ2n) is 4.86. The molecule has 1 saturated heterocycles. The van der Waals surface area contributed by atoms with Crippen LogP contribution in [-0.2, 0) is 4.79 Å². The topological polar surface area (TPSA) is 60.8 Å². The average Bonchev–Trinajstić information content (AvgIpc) is 2.25. The molecule has 1 aliphatic heterocycles. The molecule has 2 N–H and O–H groups in total. The van der Waals surface area contributed by atoms with Crippen molar-refractivity contribution in [1.82, 2.24) is 4.90 Å². The molecule has 0 saturated carbocycles. The lowest BCUT2D eigenvalue weighted by Gasteiger charge is -2.32. The summed E-state index contributed by atoms with van der Waals surface area (Å²) in [6.07, 6.45) is 3.95. The number of hydrogen-bond donors (Lipinski definition) is 2. The van der Waals surface area contributed by atoms with Crippen LogP contribution in [0.2, 0.25) is 0 Å². The summed E-state index contributed by atoms with van der Waals surface area (Å²) in [4.78, 5) is 12.8. The van der Waals surface area contributed by atoms with Gasteiger partial charge in [-0.25, -0.2) is 0 Å². The minimum atomic E-state index is -0.684. The van der Waals surface area contributed by atoms with Crippen molar-refractivity contribution in [1.29, 1.82) is 0 Å². The third-order valence-electron chi connectivity index (χ3n) is 3.34. The summed E-state index contributed by atoms with van der Waals surface area (Å²) in [6, 6.07) is 0. The molecule has 0 aromatic rings. The van der Waals surface area contributed by atoms with Gasteiger partial charge in [0.1, 0.15) is 0 Å². The van der Waals surface area contributed by atoms with Crippen molar-refractivity contribution in [3.63, 3.8) is 0 Å². The van der Waals surface area contributed by atoms with E-state index in [9.17, 15) is 9.90 Å². The van der Waals surface area contributed by atoms with Gasteiger partial charge in [-0.2, -0.15) is 0 Å². The zero-order valence-corrected chi connectivity index (χ0v) is 10.1. The van der Waals surface area contributed by atoms with Crippen LogP contribution in [0.1, 0.15) is 39.0 Å². The van der Waals surface area contributed by atoms with E-state index in [1.165, 1.54) is 0 Å². The number of rotatable bonds is 6. The van der Waals surface area contributed by atoms with E-state index < -0.39 is 5.97 Å². The molecule has 1 rings (SSSR count). The predicted molar refractivity (Wildman–Crippen MR) is 62.3 cm³/mol. The Bertz CT molecular complexity index is 210. The van der Waals surface area contributed by atoms with Crippen molar-refractivity contribution in [3.8, 4) is 0 Å². The fraction of sp³-hybridized carbons (Fsp3) is 0.917. The number of aliphatic hydroxyl groups is 1. The number of carbonyl (C=O) groups is 1. The Kier molecular flexibility index (Phi) is 5.77. The van der Waals surface area contributed by atoms with E-state index in [0.717, 1.165) is 45.3 Å². The second-order valence-corrected chi connectivity index (χ2v) is 4.86. The van der Waals surface area contributed by atoms with E-state index in [1.807, 2.05) is 6.92 Å². The van der Waals surface area contributed by atoms with Crippen molar-refractivity contribution in [3.05, 3.63) is 0 Å². The fourth-order valence-electron chi connectivity index (χ4n) is 2.20. The first-order chi connectivity index (χ1) is 7.58. The fourth-order valence-corrected chi connectivity index (χ4v) is 2.20. The summed E-state index contributed by atoms with van der Waals surface area (Å²) < 4.78 is 0. The monoisotopic (exact) mass is 229 g/mol. The van der Waals surface area contributed by atoms with Crippen LogP contribution in [0.3, 0.4) is 0 Å². The molecule has 0 radical (unpaired) electrons. The number of nitrogens with zero attached hydrogens (tertiary/aromatic N) is 1. The van der Waals surface area contributed by atoms with Crippen molar-refractivity contribution < 1.29 is 15.0 Å². The van der Waals surface area contributed by atoms with E-state index in [0.29, 0.717) is 12.3 Å². The van der Waals surface area contributed by atoms with Crippen LogP contribution in [-0.4, -0.2) is 46.8 Å². The van der Waals surface area contributed by atoms with Gasteiger partial charge < -0.3 is 15.1 Å². The normalized spacial score (nSPS) is 20.9. The molecule has 1 fully saturated rings. The molecule has 1 heterocycles. The van der Waals surface area contributed by atoms with Crippen LogP contribution >= 0.6 is 0 Å². The predicted octanol–water partition coefficient (Wildman–Crippen LogP) is 1.33. The summed E-state index contributed by atoms with van der Waals surface area (Å²) in [7, 11) is 0. The largest absolute Gasteiger partial charge is 0.481 e. The second kappa shape index (κ2) is 6.86. The van der Waals surface area contributed by atoms with E-state index in [1.54, 1.807) is 0 Å². The highest BCUT2D eigenvalue weighted by Gasteiger charge is 2.19. The van der Waals surface area contributed by atoms with Crippen molar-refractivity contribution in [2.24, 2.45) is 5.92 Å². The van der Waals surface area contributed by atoms with Crippen LogP contribution < -0.4 is 0 Å². The first-order valence-corrected chi connectivity index (χ1v) is 6.20. The van der Waals surface area contributed by atoms with Gasteiger partial charge in [-0.1, -0.05) is 0 Å². The number of aliphatic hydroxyl groups excluding tert-OH is 1. The van der Waals surface area contributed by atoms with Crippen LogP contribution in [0.4, 0.5) is 0 Å². The number of hydrogen-bond acceptors (Lipinski definition) is 3. The van der Waals surface area contributed by atoms with Crippen LogP contribution in [0.15, 0.2) is 0 Å². The summed E-state index contributed by atoms with van der Waals surface area (Å²) in [5, 5.41) is 17.8. The molecular formula is C12H23NO3. The van der Waals surface area contributed by atoms with Gasteiger partial charge in [-0.15, -0.1) is 0 Å². The zero-order valence-electron chi connectivity index (χ0n) is 10.1. The minimum absolute atomic E-state index is 0.218. The number of carboxylic acids is 1. The number of carboxylic acid groups (broad SMARTS) is 1. The van der Waals surface area contributed by atoms with Crippen molar-refractivity contribution in [2.75, 3.05) is 19.6 Å². The highest BCUT2D eigenvalue weighted by molar-refractivity contribution is 5.66. The number of likely N-dealkylation sites (tertiary alicyclic amines) is 1. The van der Waals surface area contributed by atoms with E-state index in [4.69, 9.17) is 5.11 Å². The highest BCUT2D eigenvalue weighted by atomic mass is 16.4. The third kappa shape index (κ3) is 5.47. The van der Waals surface area contributed by atoms with Gasteiger partial charge in [-0.3, -0.25) is 4.79 Å². The summed E-state index contributed by atoms with van der Waals surface area (Å²) in [5.41, 5.74) is 0. The molecule has 1 unspecified atom stereocenters. The van der Waals surface area contributed by atoms with Gasteiger partial charge in [0.05, 0.1) is 6.10 Å². The molecule has 1 atom stereocenters. The highest BCUT2D eigenvalue weighted by Crippen LogP contribution is 2.21. The first kappa shape index (κ1) is 13.5. The molecule has 0 aliphatic carbocycles. The van der Waals surface area contributed by atoms with Gasteiger partial charge in [0, 0.05) is 13.0 Å². The van der Waals surface area contributed by atoms with E-state index in [-0.39, 0.29) is 6.10 Å². The lowest BCUT2D eigenvalue weighted by atomic mass is 9.92. The van der Waals surface area contributed by atoms with Crippen molar-refractivity contribution in [2.45, 2.75) is 45.1 Å². The van der Waals surface area contributed by atoms with E-state index in [2.05, 4.69) is 4.90 Å². The molecule has 94 valence electrons. The maximum absolute atomic E-state index is 10.4. The first-order valence-electron chi connectivity index (χ1n) is 6.20. The molecule has 0 aromatic carbocycles. The lowest BCUT2D eigenvalue weighted by molar-refractivity contribution is -0.137. The SMILES string of the molecule is CC(O)CCN1CCC(CCC(=O)O)CC1. The van der Waals surface area contributed by atoms with Crippen LogP contribution in [0.25, 0.3) is 0 Å². The molecule has 4 heteroatoms.